The number of halogens is 3. The van der Waals surface area contributed by atoms with Crippen LogP contribution in [0, 0.1) is 6.92 Å². The first-order valence-corrected chi connectivity index (χ1v) is 8.23. The third kappa shape index (κ3) is 3.75. The van der Waals surface area contributed by atoms with Gasteiger partial charge < -0.3 is 4.52 Å². The molecule has 28 heavy (non-hydrogen) atoms. The molecule has 0 aliphatic rings. The Kier molecular flexibility index (Phi) is 4.38. The maximum Gasteiger partial charge on any atom is 0.416 e. The highest BCUT2D eigenvalue weighted by Gasteiger charge is 2.30. The Morgan fingerprint density at radius 2 is 1.57 bits per heavy atom. The zero-order chi connectivity index (χ0) is 19.7. The standard InChI is InChI=1S/C18H13F3N6O/c1-11-2-4-13(5-3-11)17-23-26-27(24-17)10-15-22-16(25-28-15)12-6-8-14(9-7-12)18(19,20)21/h2-9H,10H2,1H3. The van der Waals surface area contributed by atoms with E-state index >= 15 is 0 Å². The van der Waals surface area contributed by atoms with E-state index < -0.39 is 11.7 Å². The van der Waals surface area contributed by atoms with Gasteiger partial charge in [-0.05, 0) is 24.3 Å². The quantitative estimate of drug-likeness (QED) is 0.531. The molecule has 2 heterocycles. The Morgan fingerprint density at radius 3 is 2.25 bits per heavy atom. The van der Waals surface area contributed by atoms with Gasteiger partial charge in [0.25, 0.3) is 5.89 Å². The number of nitrogens with zero attached hydrogens (tertiary/aromatic N) is 6. The topological polar surface area (TPSA) is 82.5 Å². The zero-order valence-corrected chi connectivity index (χ0v) is 14.6. The molecule has 10 heteroatoms. The molecule has 0 radical (unpaired) electrons. The lowest BCUT2D eigenvalue weighted by Crippen LogP contribution is -2.04. The average molecular weight is 386 g/mol. The molecule has 0 saturated carbocycles. The second-order valence-electron chi connectivity index (χ2n) is 6.10. The van der Waals surface area contributed by atoms with Gasteiger partial charge in [0.15, 0.2) is 0 Å². The second kappa shape index (κ2) is 6.87. The Bertz CT molecular complexity index is 1080. The van der Waals surface area contributed by atoms with Crippen molar-refractivity contribution in [1.29, 1.82) is 0 Å². The largest absolute Gasteiger partial charge is 0.416 e. The molecule has 0 atom stereocenters. The van der Waals surface area contributed by atoms with Crippen molar-refractivity contribution in [3.8, 4) is 22.8 Å². The van der Waals surface area contributed by atoms with Gasteiger partial charge >= 0.3 is 6.18 Å². The van der Waals surface area contributed by atoms with Crippen molar-refractivity contribution >= 4 is 0 Å². The number of aryl methyl sites for hydroxylation is 1. The number of alkyl halides is 3. The van der Waals surface area contributed by atoms with E-state index in [2.05, 4.69) is 25.6 Å². The van der Waals surface area contributed by atoms with Gasteiger partial charge in [-0.25, -0.2) is 0 Å². The number of hydrogen-bond acceptors (Lipinski definition) is 6. The summed E-state index contributed by atoms with van der Waals surface area (Å²) >= 11 is 0. The van der Waals surface area contributed by atoms with Crippen LogP contribution < -0.4 is 0 Å². The van der Waals surface area contributed by atoms with Gasteiger partial charge in [0.1, 0.15) is 6.54 Å². The number of benzene rings is 2. The molecule has 2 aromatic carbocycles. The Balaban J connectivity index is 1.49. The van der Waals surface area contributed by atoms with Crippen molar-refractivity contribution < 1.29 is 17.7 Å². The third-order valence-corrected chi connectivity index (χ3v) is 3.98. The smallest absolute Gasteiger partial charge is 0.337 e. The first-order chi connectivity index (χ1) is 13.4. The second-order valence-corrected chi connectivity index (χ2v) is 6.10. The van der Waals surface area contributed by atoms with Gasteiger partial charge in [-0.1, -0.05) is 47.1 Å². The minimum Gasteiger partial charge on any atom is -0.337 e. The van der Waals surface area contributed by atoms with Crippen molar-refractivity contribution in [1.82, 2.24) is 30.3 Å². The van der Waals surface area contributed by atoms with E-state index in [1.165, 1.54) is 16.9 Å². The van der Waals surface area contributed by atoms with E-state index in [1.54, 1.807) is 0 Å². The van der Waals surface area contributed by atoms with Crippen LogP contribution in [-0.2, 0) is 12.7 Å². The monoisotopic (exact) mass is 386 g/mol. The molecule has 0 fully saturated rings. The lowest BCUT2D eigenvalue weighted by atomic mass is 10.1. The van der Waals surface area contributed by atoms with Crippen molar-refractivity contribution in [2.45, 2.75) is 19.6 Å². The van der Waals surface area contributed by atoms with Crippen molar-refractivity contribution in [2.75, 3.05) is 0 Å². The third-order valence-electron chi connectivity index (χ3n) is 3.98. The summed E-state index contributed by atoms with van der Waals surface area (Å²) in [4.78, 5) is 5.48. The first kappa shape index (κ1) is 17.8. The van der Waals surface area contributed by atoms with E-state index in [-0.39, 0.29) is 18.3 Å². The van der Waals surface area contributed by atoms with Gasteiger partial charge in [-0.15, -0.1) is 10.2 Å². The lowest BCUT2D eigenvalue weighted by molar-refractivity contribution is -0.137. The number of hydrogen-bond donors (Lipinski definition) is 0. The predicted octanol–water partition coefficient (Wildman–Crippen LogP) is 3.77. The molecule has 0 amide bonds. The van der Waals surface area contributed by atoms with Crippen molar-refractivity contribution in [3.63, 3.8) is 0 Å². The molecular formula is C18H13F3N6O. The summed E-state index contributed by atoms with van der Waals surface area (Å²) in [5.74, 6) is 0.854. The van der Waals surface area contributed by atoms with Crippen LogP contribution in [0.1, 0.15) is 17.0 Å². The SMILES string of the molecule is Cc1ccc(-c2nnn(Cc3nc(-c4ccc(C(F)(F)F)cc4)no3)n2)cc1. The summed E-state index contributed by atoms with van der Waals surface area (Å²) < 4.78 is 43.1. The molecule has 4 rings (SSSR count). The van der Waals surface area contributed by atoms with Crippen LogP contribution >= 0.6 is 0 Å². The fraction of sp³-hybridized carbons (Fsp3) is 0.167. The number of tetrazole rings is 1. The molecule has 0 N–H and O–H groups in total. The van der Waals surface area contributed by atoms with Gasteiger partial charge in [0, 0.05) is 11.1 Å². The Hall–Kier alpha value is -3.56. The van der Waals surface area contributed by atoms with Gasteiger partial charge in [0.2, 0.25) is 11.6 Å². The molecule has 7 nitrogen and oxygen atoms in total. The fourth-order valence-electron chi connectivity index (χ4n) is 2.49. The van der Waals surface area contributed by atoms with E-state index in [9.17, 15) is 13.2 Å². The molecule has 0 bridgehead atoms. The van der Waals surface area contributed by atoms with Gasteiger partial charge in [-0.2, -0.15) is 23.0 Å². The molecule has 0 unspecified atom stereocenters. The normalized spacial score (nSPS) is 11.7. The fourth-order valence-corrected chi connectivity index (χ4v) is 2.49. The van der Waals surface area contributed by atoms with Crippen LogP contribution in [0.25, 0.3) is 22.8 Å². The molecule has 4 aromatic rings. The molecule has 142 valence electrons. The highest BCUT2D eigenvalue weighted by atomic mass is 19.4. The van der Waals surface area contributed by atoms with Crippen molar-refractivity contribution in [3.05, 3.63) is 65.5 Å². The summed E-state index contributed by atoms with van der Waals surface area (Å²) in [5, 5.41) is 16.0. The summed E-state index contributed by atoms with van der Waals surface area (Å²) in [6.45, 7) is 2.07. The van der Waals surface area contributed by atoms with E-state index in [4.69, 9.17) is 4.52 Å². The predicted molar refractivity (Wildman–Crippen MR) is 91.8 cm³/mol. The molecule has 0 aliphatic carbocycles. The zero-order valence-electron chi connectivity index (χ0n) is 14.6. The van der Waals surface area contributed by atoms with E-state index in [0.717, 1.165) is 23.3 Å². The minimum absolute atomic E-state index is 0.0898. The Labute approximate surface area is 156 Å². The highest BCUT2D eigenvalue weighted by molar-refractivity contribution is 5.55. The van der Waals surface area contributed by atoms with Crippen LogP contribution in [0.2, 0.25) is 0 Å². The lowest BCUT2D eigenvalue weighted by Gasteiger charge is -2.05. The van der Waals surface area contributed by atoms with Crippen LogP contribution in [-0.4, -0.2) is 30.3 Å². The van der Waals surface area contributed by atoms with E-state index in [0.29, 0.717) is 11.4 Å². The number of aromatic nitrogens is 6. The van der Waals surface area contributed by atoms with Crippen LogP contribution in [0.4, 0.5) is 13.2 Å². The van der Waals surface area contributed by atoms with Gasteiger partial charge in [-0.3, -0.25) is 0 Å². The molecule has 0 saturated heterocycles. The maximum atomic E-state index is 12.6. The average Bonchev–Trinajstić information content (AvgIpc) is 3.32. The van der Waals surface area contributed by atoms with Crippen LogP contribution in [0.3, 0.4) is 0 Å². The molecule has 0 spiro atoms. The summed E-state index contributed by atoms with van der Waals surface area (Å²) in [6.07, 6.45) is -4.39. The molecular weight excluding hydrogens is 373 g/mol. The highest BCUT2D eigenvalue weighted by Crippen LogP contribution is 2.30. The summed E-state index contributed by atoms with van der Waals surface area (Å²) in [6, 6.07) is 12.2. The van der Waals surface area contributed by atoms with Crippen molar-refractivity contribution in [2.24, 2.45) is 0 Å². The minimum atomic E-state index is -4.39. The van der Waals surface area contributed by atoms with E-state index in [1.807, 2.05) is 31.2 Å². The summed E-state index contributed by atoms with van der Waals surface area (Å²) in [5.41, 5.74) is 1.62. The first-order valence-electron chi connectivity index (χ1n) is 8.23. The maximum absolute atomic E-state index is 12.6. The molecule has 0 aliphatic heterocycles. The number of rotatable bonds is 4. The van der Waals surface area contributed by atoms with Crippen LogP contribution in [0.5, 0.6) is 0 Å². The molecule has 2 aromatic heterocycles. The van der Waals surface area contributed by atoms with Gasteiger partial charge in [0.05, 0.1) is 5.56 Å². The van der Waals surface area contributed by atoms with Crippen LogP contribution in [0.15, 0.2) is 53.1 Å². The Morgan fingerprint density at radius 1 is 0.929 bits per heavy atom. The summed E-state index contributed by atoms with van der Waals surface area (Å²) in [7, 11) is 0.